The van der Waals surface area contributed by atoms with Crippen LogP contribution in [0, 0.1) is 5.92 Å². The van der Waals surface area contributed by atoms with Gasteiger partial charge in [-0.15, -0.1) is 12.4 Å². The van der Waals surface area contributed by atoms with E-state index in [2.05, 4.69) is 10.0 Å². The van der Waals surface area contributed by atoms with E-state index in [4.69, 9.17) is 0 Å². The van der Waals surface area contributed by atoms with Crippen LogP contribution in [0.5, 0.6) is 0 Å². The first-order valence-electron chi connectivity index (χ1n) is 5.36. The van der Waals surface area contributed by atoms with Gasteiger partial charge < -0.3 is 5.32 Å². The lowest BCUT2D eigenvalue weighted by molar-refractivity contribution is 0.428. The first-order valence-corrected chi connectivity index (χ1v) is 7.02. The Kier molecular flexibility index (Phi) is 4.83. The molecule has 0 spiro atoms. The molecule has 0 unspecified atom stereocenters. The molecule has 2 rings (SSSR count). The summed E-state index contributed by atoms with van der Waals surface area (Å²) in [4.78, 5) is 0. The normalized spacial score (nSPS) is 27.1. The molecule has 0 bridgehead atoms. The van der Waals surface area contributed by atoms with E-state index in [9.17, 15) is 8.42 Å². The molecule has 2 aliphatic rings. The van der Waals surface area contributed by atoms with Gasteiger partial charge >= 0.3 is 0 Å². The van der Waals surface area contributed by atoms with Gasteiger partial charge in [-0.05, 0) is 38.1 Å². The minimum atomic E-state index is -3.01. The topological polar surface area (TPSA) is 58.2 Å². The molecule has 1 atom stereocenters. The summed E-state index contributed by atoms with van der Waals surface area (Å²) in [6.07, 6.45) is 4.21. The molecule has 0 aromatic carbocycles. The second-order valence-electron chi connectivity index (χ2n) is 4.39. The Morgan fingerprint density at radius 3 is 2.53 bits per heavy atom. The molecule has 1 saturated carbocycles. The van der Waals surface area contributed by atoms with Crippen LogP contribution in [0.1, 0.15) is 25.7 Å². The predicted octanol–water partition coefficient (Wildman–Crippen LogP) is 0.490. The number of nitrogens with one attached hydrogen (secondary N) is 2. The van der Waals surface area contributed by atoms with Crippen LogP contribution in [0.3, 0.4) is 0 Å². The van der Waals surface area contributed by atoms with E-state index in [0.29, 0.717) is 11.7 Å². The van der Waals surface area contributed by atoms with Gasteiger partial charge in [-0.2, -0.15) is 0 Å². The van der Waals surface area contributed by atoms with Crippen molar-refractivity contribution in [1.82, 2.24) is 10.0 Å². The van der Waals surface area contributed by atoms with Crippen molar-refractivity contribution in [3.63, 3.8) is 0 Å². The van der Waals surface area contributed by atoms with Crippen molar-refractivity contribution in [2.75, 3.05) is 18.8 Å². The van der Waals surface area contributed by atoms with Crippen LogP contribution in [0.25, 0.3) is 0 Å². The first kappa shape index (κ1) is 13.2. The van der Waals surface area contributed by atoms with Gasteiger partial charge in [0.1, 0.15) is 0 Å². The number of halogens is 1. The van der Waals surface area contributed by atoms with E-state index in [1.165, 1.54) is 0 Å². The molecule has 0 radical (unpaired) electrons. The largest absolute Gasteiger partial charge is 0.315 e. The van der Waals surface area contributed by atoms with Crippen LogP contribution in [-0.4, -0.2) is 33.3 Å². The zero-order valence-corrected chi connectivity index (χ0v) is 10.4. The van der Waals surface area contributed by atoms with Crippen LogP contribution in [0.15, 0.2) is 0 Å². The summed E-state index contributed by atoms with van der Waals surface area (Å²) in [6, 6.07) is 0.118. The Bertz CT molecular complexity index is 284. The Balaban J connectivity index is 0.00000112. The number of sulfonamides is 1. The maximum absolute atomic E-state index is 11.6. The minimum absolute atomic E-state index is 0. The van der Waals surface area contributed by atoms with Gasteiger partial charge in [0, 0.05) is 12.6 Å². The Morgan fingerprint density at radius 2 is 2.00 bits per heavy atom. The first-order chi connectivity index (χ1) is 6.66. The second-order valence-corrected chi connectivity index (χ2v) is 6.18. The maximum Gasteiger partial charge on any atom is 0.212 e. The lowest BCUT2D eigenvalue weighted by Gasteiger charge is -2.23. The van der Waals surface area contributed by atoms with Crippen LogP contribution in [0.4, 0.5) is 0 Å². The number of hydrogen-bond acceptors (Lipinski definition) is 3. The number of rotatable bonds is 4. The van der Waals surface area contributed by atoms with Crippen LogP contribution in [-0.2, 0) is 10.0 Å². The van der Waals surface area contributed by atoms with Crippen LogP contribution < -0.4 is 10.0 Å². The van der Waals surface area contributed by atoms with E-state index in [1.807, 2.05) is 0 Å². The third kappa shape index (κ3) is 4.68. The summed E-state index contributed by atoms with van der Waals surface area (Å²) < 4.78 is 26.0. The lowest BCUT2D eigenvalue weighted by Crippen LogP contribution is -2.46. The third-order valence-electron chi connectivity index (χ3n) is 2.80. The fraction of sp³-hybridized carbons (Fsp3) is 1.00. The van der Waals surface area contributed by atoms with Crippen molar-refractivity contribution >= 4 is 22.4 Å². The molecule has 0 amide bonds. The standard InChI is InChI=1S/C9H18N2O2S.ClH/c12-14(13,7-8-3-4-8)11-9-2-1-5-10-6-9;/h8-11H,1-7H2;1H/t9-;/m1./s1. The van der Waals surface area contributed by atoms with Gasteiger partial charge in [0.2, 0.25) is 10.0 Å². The third-order valence-corrected chi connectivity index (χ3v) is 4.40. The highest BCUT2D eigenvalue weighted by atomic mass is 35.5. The summed E-state index contributed by atoms with van der Waals surface area (Å²) in [6.45, 7) is 1.80. The summed E-state index contributed by atoms with van der Waals surface area (Å²) in [5.74, 6) is 0.771. The van der Waals surface area contributed by atoms with Crippen molar-refractivity contribution < 1.29 is 8.42 Å². The van der Waals surface area contributed by atoms with E-state index < -0.39 is 10.0 Å². The SMILES string of the molecule is Cl.O=S(=O)(CC1CC1)N[C@@H]1CCCNC1. The summed E-state index contributed by atoms with van der Waals surface area (Å²) >= 11 is 0. The summed E-state index contributed by atoms with van der Waals surface area (Å²) in [5.41, 5.74) is 0. The molecule has 0 aromatic heterocycles. The monoisotopic (exact) mass is 254 g/mol. The molecule has 1 aliphatic heterocycles. The van der Waals surface area contributed by atoms with Gasteiger partial charge in [-0.1, -0.05) is 0 Å². The second kappa shape index (κ2) is 5.48. The molecule has 1 heterocycles. The molecule has 2 fully saturated rings. The van der Waals surface area contributed by atoms with Gasteiger partial charge in [0.25, 0.3) is 0 Å². The van der Waals surface area contributed by atoms with E-state index in [1.54, 1.807) is 0 Å². The molecular weight excluding hydrogens is 236 g/mol. The van der Waals surface area contributed by atoms with Crippen LogP contribution in [0.2, 0.25) is 0 Å². The number of hydrogen-bond donors (Lipinski definition) is 2. The Hall–Kier alpha value is 0.160. The highest BCUT2D eigenvalue weighted by molar-refractivity contribution is 7.89. The van der Waals surface area contributed by atoms with E-state index in [0.717, 1.165) is 38.8 Å². The molecule has 15 heavy (non-hydrogen) atoms. The molecule has 1 aliphatic carbocycles. The molecule has 6 heteroatoms. The molecule has 90 valence electrons. The summed E-state index contributed by atoms with van der Waals surface area (Å²) in [7, 11) is -3.01. The van der Waals surface area contributed by atoms with Crippen molar-refractivity contribution in [3.8, 4) is 0 Å². The van der Waals surface area contributed by atoms with Crippen LogP contribution >= 0.6 is 12.4 Å². The molecular formula is C9H19ClN2O2S. The smallest absolute Gasteiger partial charge is 0.212 e. The minimum Gasteiger partial charge on any atom is -0.315 e. The lowest BCUT2D eigenvalue weighted by atomic mass is 10.1. The van der Waals surface area contributed by atoms with E-state index >= 15 is 0 Å². The van der Waals surface area contributed by atoms with Gasteiger partial charge in [-0.25, -0.2) is 13.1 Å². The molecule has 4 nitrogen and oxygen atoms in total. The fourth-order valence-electron chi connectivity index (χ4n) is 1.85. The number of piperidine rings is 1. The zero-order chi connectivity index (χ0) is 10.0. The fourth-order valence-corrected chi connectivity index (χ4v) is 3.61. The van der Waals surface area contributed by atoms with Crippen molar-refractivity contribution in [3.05, 3.63) is 0 Å². The molecule has 2 N–H and O–H groups in total. The van der Waals surface area contributed by atoms with Gasteiger partial charge in [-0.3, -0.25) is 0 Å². The maximum atomic E-state index is 11.6. The van der Waals surface area contributed by atoms with Crippen molar-refractivity contribution in [1.29, 1.82) is 0 Å². The predicted molar refractivity (Wildman–Crippen MR) is 62.8 cm³/mol. The average molecular weight is 255 g/mol. The molecule has 0 aromatic rings. The zero-order valence-electron chi connectivity index (χ0n) is 8.74. The molecule has 1 saturated heterocycles. The Labute approximate surface area is 97.7 Å². The highest BCUT2D eigenvalue weighted by Gasteiger charge is 2.29. The quantitative estimate of drug-likeness (QED) is 0.768. The van der Waals surface area contributed by atoms with Gasteiger partial charge in [0.05, 0.1) is 5.75 Å². The Morgan fingerprint density at radius 1 is 1.27 bits per heavy atom. The van der Waals surface area contributed by atoms with E-state index in [-0.39, 0.29) is 18.4 Å². The summed E-state index contributed by atoms with van der Waals surface area (Å²) in [5, 5.41) is 3.20. The van der Waals surface area contributed by atoms with Crippen molar-refractivity contribution in [2.45, 2.75) is 31.7 Å². The highest BCUT2D eigenvalue weighted by Crippen LogP contribution is 2.30. The average Bonchev–Trinajstić information content (AvgIpc) is 2.88. The van der Waals surface area contributed by atoms with Crippen molar-refractivity contribution in [2.24, 2.45) is 5.92 Å². The van der Waals surface area contributed by atoms with Gasteiger partial charge in [0.15, 0.2) is 0 Å².